The van der Waals surface area contributed by atoms with E-state index in [2.05, 4.69) is 131 Å². The highest BCUT2D eigenvalue weighted by Crippen LogP contribution is 2.31. The van der Waals surface area contributed by atoms with E-state index in [9.17, 15) is 0 Å². The minimum atomic E-state index is -0.0124. The van der Waals surface area contributed by atoms with Gasteiger partial charge < -0.3 is 0 Å². The maximum atomic E-state index is 4.59. The molecule has 0 radical (unpaired) electrons. The Hall–Kier alpha value is -3.61. The van der Waals surface area contributed by atoms with Gasteiger partial charge in [0, 0.05) is 32.7 Å². The van der Waals surface area contributed by atoms with Crippen LogP contribution in [0.2, 0.25) is 0 Å². The molecule has 3 aromatic carbocycles. The lowest BCUT2D eigenvalue weighted by Crippen LogP contribution is -2.48. The summed E-state index contributed by atoms with van der Waals surface area (Å²) < 4.78 is 1.95. The molecule has 1 unspecified atom stereocenters. The fraction of sp³-hybridized carbons (Fsp3) is 0.300. The van der Waals surface area contributed by atoms with Crippen LogP contribution in [-0.4, -0.2) is 62.7 Å². The van der Waals surface area contributed by atoms with Crippen molar-refractivity contribution in [1.82, 2.24) is 30.0 Å². The molecule has 0 N–H and O–H groups in total. The minimum Gasteiger partial charge on any atom is -0.297 e. The molecule has 4 aromatic rings. The molecule has 1 aliphatic heterocycles. The maximum absolute atomic E-state index is 4.59. The lowest BCUT2D eigenvalue weighted by Gasteiger charge is -2.38. The Bertz CT molecular complexity index is 1280. The van der Waals surface area contributed by atoms with E-state index in [0.29, 0.717) is 0 Å². The summed E-state index contributed by atoms with van der Waals surface area (Å²) >= 11 is 0. The van der Waals surface area contributed by atoms with E-state index in [1.54, 1.807) is 0 Å². The van der Waals surface area contributed by atoms with Crippen LogP contribution in [-0.2, 0) is 0 Å². The van der Waals surface area contributed by atoms with Crippen LogP contribution in [0, 0.1) is 20.8 Å². The molecule has 0 bridgehead atoms. The predicted octanol–water partition coefficient (Wildman–Crippen LogP) is 5.01. The summed E-state index contributed by atoms with van der Waals surface area (Å²) in [5.74, 6) is 0.869. The van der Waals surface area contributed by atoms with Crippen LogP contribution in [0.3, 0.4) is 0 Å². The number of nitrogens with zero attached hydrogens (tertiary/aromatic N) is 6. The van der Waals surface area contributed by atoms with E-state index in [1.165, 1.54) is 27.8 Å². The summed E-state index contributed by atoms with van der Waals surface area (Å²) in [5.41, 5.74) is 7.12. The molecule has 36 heavy (non-hydrogen) atoms. The molecule has 6 heteroatoms. The molecular weight excluding hydrogens is 444 g/mol. The molecule has 2 heterocycles. The van der Waals surface area contributed by atoms with Gasteiger partial charge in [0.25, 0.3) is 0 Å². The van der Waals surface area contributed by atoms with E-state index >= 15 is 0 Å². The number of hydrogen-bond donors (Lipinski definition) is 0. The Labute approximate surface area is 213 Å². The highest BCUT2D eigenvalue weighted by molar-refractivity contribution is 5.49. The molecule has 184 valence electrons. The second-order valence-corrected chi connectivity index (χ2v) is 9.65. The molecule has 1 atom stereocenters. The summed E-state index contributed by atoms with van der Waals surface area (Å²) in [4.78, 5) is 5.04. The molecule has 6 nitrogen and oxygen atoms in total. The first kappa shape index (κ1) is 24.1. The van der Waals surface area contributed by atoms with Gasteiger partial charge >= 0.3 is 0 Å². The lowest BCUT2D eigenvalue weighted by molar-refractivity contribution is 0.113. The Balaban J connectivity index is 1.39. The van der Waals surface area contributed by atoms with Crippen molar-refractivity contribution in [3.05, 3.63) is 113 Å². The van der Waals surface area contributed by atoms with Crippen LogP contribution in [0.1, 0.15) is 39.7 Å². The van der Waals surface area contributed by atoms with Crippen LogP contribution in [0.5, 0.6) is 0 Å². The summed E-state index contributed by atoms with van der Waals surface area (Å²) in [5, 5.41) is 13.2. The molecule has 0 amide bonds. The minimum absolute atomic E-state index is 0.0124. The largest absolute Gasteiger partial charge is 0.297 e. The zero-order valence-electron chi connectivity index (χ0n) is 21.4. The van der Waals surface area contributed by atoms with E-state index in [0.717, 1.165) is 44.2 Å². The van der Waals surface area contributed by atoms with Crippen LogP contribution in [0.4, 0.5) is 0 Å². The molecule has 1 fully saturated rings. The monoisotopic (exact) mass is 478 g/mol. The fourth-order valence-corrected chi connectivity index (χ4v) is 5.04. The number of hydrogen-bond acceptors (Lipinski definition) is 5. The summed E-state index contributed by atoms with van der Waals surface area (Å²) in [6, 6.07) is 25.6. The Kier molecular flexibility index (Phi) is 7.35. The van der Waals surface area contributed by atoms with Crippen molar-refractivity contribution in [2.24, 2.45) is 0 Å². The normalized spacial score (nSPS) is 16.0. The van der Waals surface area contributed by atoms with Gasteiger partial charge in [-0.15, -0.1) is 5.10 Å². The van der Waals surface area contributed by atoms with Crippen molar-refractivity contribution in [3.63, 3.8) is 0 Å². The van der Waals surface area contributed by atoms with E-state index in [-0.39, 0.29) is 6.04 Å². The topological polar surface area (TPSA) is 50.1 Å². The Morgan fingerprint density at radius 2 is 1.50 bits per heavy atom. The molecule has 0 saturated carbocycles. The number of benzene rings is 3. The van der Waals surface area contributed by atoms with Gasteiger partial charge in [-0.2, -0.15) is 4.68 Å². The third kappa shape index (κ3) is 5.30. The molecular formula is C30H34N6. The standard InChI is InChI=1S/C30H34N6/c1-23-14-16-27(17-15-23)29(30-31-32-33-36(30)28-24(2)9-7-10-25(28)3)35-21-19-34(20-22-35)18-8-13-26-11-5-4-6-12-26/h4-17,29H,18-22H2,1-3H3. The highest BCUT2D eigenvalue weighted by Gasteiger charge is 2.31. The molecule has 1 aromatic heterocycles. The van der Waals surface area contributed by atoms with Gasteiger partial charge in [0.2, 0.25) is 0 Å². The lowest BCUT2D eigenvalue weighted by atomic mass is 10.0. The molecule has 5 rings (SSSR count). The summed E-state index contributed by atoms with van der Waals surface area (Å²) in [6.07, 6.45) is 4.48. The van der Waals surface area contributed by atoms with Gasteiger partial charge in [-0.3, -0.25) is 9.80 Å². The number of aromatic nitrogens is 4. The van der Waals surface area contributed by atoms with Crippen LogP contribution >= 0.6 is 0 Å². The molecule has 0 aliphatic carbocycles. The molecule has 1 saturated heterocycles. The average molecular weight is 479 g/mol. The van der Waals surface area contributed by atoms with Crippen molar-refractivity contribution < 1.29 is 0 Å². The number of aryl methyl sites for hydroxylation is 3. The second kappa shape index (κ2) is 11.0. The van der Waals surface area contributed by atoms with Gasteiger partial charge in [0.15, 0.2) is 5.82 Å². The zero-order valence-corrected chi connectivity index (χ0v) is 21.4. The first-order valence-corrected chi connectivity index (χ1v) is 12.7. The third-order valence-corrected chi connectivity index (χ3v) is 7.03. The quantitative estimate of drug-likeness (QED) is 0.374. The summed E-state index contributed by atoms with van der Waals surface area (Å²) in [6.45, 7) is 11.2. The first-order valence-electron chi connectivity index (χ1n) is 12.7. The first-order chi connectivity index (χ1) is 17.6. The summed E-state index contributed by atoms with van der Waals surface area (Å²) in [7, 11) is 0. The Morgan fingerprint density at radius 1 is 0.806 bits per heavy atom. The second-order valence-electron chi connectivity index (χ2n) is 9.65. The van der Waals surface area contributed by atoms with Crippen molar-refractivity contribution in [2.75, 3.05) is 32.7 Å². The van der Waals surface area contributed by atoms with Crippen molar-refractivity contribution in [3.8, 4) is 5.69 Å². The SMILES string of the molecule is Cc1ccc(C(c2nnnn2-c2c(C)cccc2C)N2CCN(CC=Cc3ccccc3)CC2)cc1. The molecule has 1 aliphatic rings. The van der Waals surface area contributed by atoms with Crippen molar-refractivity contribution in [1.29, 1.82) is 0 Å². The fourth-order valence-electron chi connectivity index (χ4n) is 5.04. The van der Waals surface area contributed by atoms with Crippen LogP contribution < -0.4 is 0 Å². The number of rotatable bonds is 7. The maximum Gasteiger partial charge on any atom is 0.178 e. The number of piperazine rings is 1. The number of para-hydroxylation sites is 1. The van der Waals surface area contributed by atoms with E-state index in [1.807, 2.05) is 4.68 Å². The van der Waals surface area contributed by atoms with E-state index < -0.39 is 0 Å². The third-order valence-electron chi connectivity index (χ3n) is 7.03. The van der Waals surface area contributed by atoms with Gasteiger partial charge in [0.1, 0.15) is 0 Å². The zero-order chi connectivity index (χ0) is 24.9. The highest BCUT2D eigenvalue weighted by atomic mass is 15.6. The van der Waals surface area contributed by atoms with Crippen LogP contribution in [0.15, 0.2) is 78.9 Å². The molecule has 0 spiro atoms. The van der Waals surface area contributed by atoms with Crippen molar-refractivity contribution in [2.45, 2.75) is 26.8 Å². The Morgan fingerprint density at radius 3 is 2.19 bits per heavy atom. The van der Waals surface area contributed by atoms with Gasteiger partial charge in [0.05, 0.1) is 11.7 Å². The average Bonchev–Trinajstić information content (AvgIpc) is 3.36. The van der Waals surface area contributed by atoms with Gasteiger partial charge in [-0.25, -0.2) is 0 Å². The van der Waals surface area contributed by atoms with Gasteiger partial charge in [-0.1, -0.05) is 90.5 Å². The van der Waals surface area contributed by atoms with Crippen molar-refractivity contribution >= 4 is 6.08 Å². The van der Waals surface area contributed by atoms with E-state index in [4.69, 9.17) is 0 Å². The smallest absolute Gasteiger partial charge is 0.178 e. The van der Waals surface area contributed by atoms with Crippen LogP contribution in [0.25, 0.3) is 11.8 Å². The van der Waals surface area contributed by atoms with Gasteiger partial charge in [-0.05, 0) is 53.5 Å². The predicted molar refractivity (Wildman–Crippen MR) is 145 cm³/mol. The number of tetrazole rings is 1.